The minimum absolute atomic E-state index is 0.0524. The maximum absolute atomic E-state index is 5.83. The molecule has 1 rings (SSSR count). The molecule has 2 nitrogen and oxygen atoms in total. The number of piperazine rings is 1. The van der Waals surface area contributed by atoms with Crippen LogP contribution in [-0.2, 0) is 0 Å². The summed E-state index contributed by atoms with van der Waals surface area (Å²) in [5.74, 6) is 0.672. The van der Waals surface area contributed by atoms with Crippen LogP contribution in [0.4, 0.5) is 0 Å². The van der Waals surface area contributed by atoms with Crippen LogP contribution in [0.3, 0.4) is 0 Å². The lowest BCUT2D eigenvalue weighted by Gasteiger charge is -2.40. The predicted molar refractivity (Wildman–Crippen MR) is 104 cm³/mol. The van der Waals surface area contributed by atoms with Gasteiger partial charge in [-0.25, -0.2) is 0 Å². The van der Waals surface area contributed by atoms with Crippen LogP contribution in [0.1, 0.15) is 0 Å². The summed E-state index contributed by atoms with van der Waals surface area (Å²) in [6.45, 7) is 20.7. The number of nitrogens with zero attached hydrogens (tertiary/aromatic N) is 2. The van der Waals surface area contributed by atoms with Crippen LogP contribution in [0.2, 0.25) is 0 Å². The van der Waals surface area contributed by atoms with Crippen molar-refractivity contribution >= 4 is 23.2 Å². The Bertz CT molecular complexity index is 497. The van der Waals surface area contributed by atoms with Crippen LogP contribution in [-0.4, -0.2) is 54.4 Å². The Morgan fingerprint density at radius 1 is 1.00 bits per heavy atom. The van der Waals surface area contributed by atoms with Gasteiger partial charge in [0.05, 0.1) is 6.04 Å². The van der Waals surface area contributed by atoms with E-state index in [1.54, 1.807) is 12.2 Å². The van der Waals surface area contributed by atoms with Gasteiger partial charge in [0.15, 0.2) is 0 Å². The number of halogens is 2. The average molecular weight is 353 g/mol. The molecule has 126 valence electrons. The first kappa shape index (κ1) is 20.0. The van der Waals surface area contributed by atoms with E-state index in [1.807, 2.05) is 18.2 Å². The molecule has 0 amide bonds. The van der Waals surface area contributed by atoms with Crippen molar-refractivity contribution < 1.29 is 0 Å². The molecule has 1 unspecified atom stereocenters. The van der Waals surface area contributed by atoms with E-state index in [0.29, 0.717) is 10.9 Å². The highest BCUT2D eigenvalue weighted by atomic mass is 35.5. The van der Waals surface area contributed by atoms with Gasteiger partial charge < -0.3 is 0 Å². The maximum atomic E-state index is 5.83. The second-order valence-corrected chi connectivity index (χ2v) is 6.36. The Balaban J connectivity index is 2.85. The molecule has 1 aliphatic heterocycles. The van der Waals surface area contributed by atoms with Gasteiger partial charge in [0, 0.05) is 43.6 Å². The molecule has 1 atom stereocenters. The third-order valence-electron chi connectivity index (χ3n) is 3.80. The lowest BCUT2D eigenvalue weighted by atomic mass is 9.97. The summed E-state index contributed by atoms with van der Waals surface area (Å²) in [4.78, 5) is 4.77. The van der Waals surface area contributed by atoms with Crippen molar-refractivity contribution in [3.63, 3.8) is 0 Å². The third kappa shape index (κ3) is 6.92. The highest BCUT2D eigenvalue weighted by Gasteiger charge is 2.25. The summed E-state index contributed by atoms with van der Waals surface area (Å²) in [7, 11) is 0. The first-order chi connectivity index (χ1) is 11.0. The van der Waals surface area contributed by atoms with Crippen molar-refractivity contribution in [1.29, 1.82) is 0 Å². The fourth-order valence-corrected chi connectivity index (χ4v) is 2.95. The number of hydrogen-bond donors (Lipinski definition) is 0. The molecule has 0 spiro atoms. The van der Waals surface area contributed by atoms with Gasteiger partial charge in [-0.2, -0.15) is 0 Å². The molecule has 23 heavy (non-hydrogen) atoms. The average Bonchev–Trinajstić information content (AvgIpc) is 2.53. The van der Waals surface area contributed by atoms with E-state index in [2.05, 4.69) is 36.1 Å². The lowest BCUT2D eigenvalue weighted by Crippen LogP contribution is -2.51. The van der Waals surface area contributed by atoms with Gasteiger partial charge in [0.2, 0.25) is 0 Å². The smallest absolute Gasteiger partial charge is 0.0591 e. The molecule has 0 saturated carbocycles. The molecule has 0 N–H and O–H groups in total. The van der Waals surface area contributed by atoms with Crippen LogP contribution < -0.4 is 0 Å². The Labute approximate surface area is 150 Å². The van der Waals surface area contributed by atoms with Gasteiger partial charge in [0.1, 0.15) is 0 Å². The Morgan fingerprint density at radius 2 is 1.61 bits per heavy atom. The van der Waals surface area contributed by atoms with Crippen LogP contribution >= 0.6 is 23.2 Å². The van der Waals surface area contributed by atoms with Gasteiger partial charge in [-0.1, -0.05) is 62.2 Å². The maximum Gasteiger partial charge on any atom is 0.0591 e. The largest absolute Gasteiger partial charge is 0.300 e. The summed E-state index contributed by atoms with van der Waals surface area (Å²) in [5.41, 5.74) is 1.95. The number of rotatable bonds is 9. The molecule has 0 bridgehead atoms. The minimum Gasteiger partial charge on any atom is -0.300 e. The number of hydrogen-bond acceptors (Lipinski definition) is 2. The molecule has 4 heteroatoms. The first-order valence-corrected chi connectivity index (χ1v) is 8.62. The van der Waals surface area contributed by atoms with Gasteiger partial charge in [0.25, 0.3) is 0 Å². The second kappa shape index (κ2) is 10.7. The van der Waals surface area contributed by atoms with Crippen molar-refractivity contribution in [2.45, 2.75) is 6.04 Å². The molecule has 1 fully saturated rings. The molecule has 0 aromatic rings. The zero-order valence-electron chi connectivity index (χ0n) is 13.7. The van der Waals surface area contributed by atoms with Crippen molar-refractivity contribution in [2.24, 2.45) is 0 Å². The highest BCUT2D eigenvalue weighted by Crippen LogP contribution is 2.22. The molecule has 0 radical (unpaired) electrons. The van der Waals surface area contributed by atoms with E-state index in [-0.39, 0.29) is 6.04 Å². The summed E-state index contributed by atoms with van der Waals surface area (Å²) in [5, 5.41) is 0.490. The standard InChI is InChI=1S/C19H26Cl2N2/c1-5-6-7-16(2)19(17(3)8-9-18(4)21)23-14-12-22(11-10-20)13-15-23/h5-9,19H,1-4,10-15H2/b7-6-,9-8-. The molecular weight excluding hydrogens is 327 g/mol. The molecule has 0 aromatic heterocycles. The van der Waals surface area contributed by atoms with Crippen molar-refractivity contribution in [2.75, 3.05) is 38.6 Å². The second-order valence-electron chi connectivity index (χ2n) is 5.49. The van der Waals surface area contributed by atoms with Crippen molar-refractivity contribution in [1.82, 2.24) is 9.80 Å². The summed E-state index contributed by atoms with van der Waals surface area (Å²) < 4.78 is 0. The zero-order valence-corrected chi connectivity index (χ0v) is 15.2. The van der Waals surface area contributed by atoms with Crippen LogP contribution in [0.15, 0.2) is 72.9 Å². The molecule has 0 aromatic carbocycles. The first-order valence-electron chi connectivity index (χ1n) is 7.71. The van der Waals surface area contributed by atoms with E-state index in [1.165, 1.54) is 0 Å². The Kier molecular flexibility index (Phi) is 9.27. The normalized spacial score (nSPS) is 18.3. The molecular formula is C19H26Cl2N2. The van der Waals surface area contributed by atoms with Crippen LogP contribution in [0.5, 0.6) is 0 Å². The molecule has 1 saturated heterocycles. The SMILES string of the molecule is C=C/C=C\C(=C)C(C(=C)/C=C\C(=C)Cl)N1CCN(CCCl)CC1. The van der Waals surface area contributed by atoms with Crippen molar-refractivity contribution in [3.8, 4) is 0 Å². The van der Waals surface area contributed by atoms with Gasteiger partial charge in [-0.05, 0) is 17.2 Å². The van der Waals surface area contributed by atoms with E-state index in [9.17, 15) is 0 Å². The van der Waals surface area contributed by atoms with E-state index in [0.717, 1.165) is 43.9 Å². The van der Waals surface area contributed by atoms with E-state index >= 15 is 0 Å². The monoisotopic (exact) mass is 352 g/mol. The third-order valence-corrected chi connectivity index (χ3v) is 4.09. The van der Waals surface area contributed by atoms with Crippen LogP contribution in [0, 0.1) is 0 Å². The zero-order chi connectivity index (χ0) is 17.2. The van der Waals surface area contributed by atoms with Gasteiger partial charge in [-0.3, -0.25) is 9.80 Å². The summed E-state index contributed by atoms with van der Waals surface area (Å²) >= 11 is 11.7. The molecule has 1 aliphatic rings. The Hall–Kier alpha value is -1.06. The topological polar surface area (TPSA) is 6.48 Å². The van der Waals surface area contributed by atoms with Gasteiger partial charge in [-0.15, -0.1) is 11.6 Å². The molecule has 0 aliphatic carbocycles. The number of alkyl halides is 1. The quantitative estimate of drug-likeness (QED) is 0.448. The molecule has 1 heterocycles. The van der Waals surface area contributed by atoms with Crippen molar-refractivity contribution in [3.05, 3.63) is 72.9 Å². The lowest BCUT2D eigenvalue weighted by molar-refractivity contribution is 0.126. The summed E-state index contributed by atoms with van der Waals surface area (Å²) in [6, 6.07) is 0.0524. The fourth-order valence-electron chi connectivity index (χ4n) is 2.64. The fraction of sp³-hybridized carbons (Fsp3) is 0.368. The van der Waals surface area contributed by atoms with E-state index < -0.39 is 0 Å². The number of allylic oxidation sites excluding steroid dienone is 4. The minimum atomic E-state index is 0.0524. The van der Waals surface area contributed by atoms with Crippen LogP contribution in [0.25, 0.3) is 0 Å². The van der Waals surface area contributed by atoms with E-state index in [4.69, 9.17) is 23.2 Å². The van der Waals surface area contributed by atoms with Gasteiger partial charge >= 0.3 is 0 Å². The Morgan fingerprint density at radius 3 is 2.13 bits per heavy atom. The predicted octanol–water partition coefficient (Wildman–Crippen LogP) is 4.37. The highest BCUT2D eigenvalue weighted by molar-refractivity contribution is 6.30. The summed E-state index contributed by atoms with van der Waals surface area (Å²) in [6.07, 6.45) is 9.32.